The summed E-state index contributed by atoms with van der Waals surface area (Å²) in [6.45, 7) is 8.17. The number of aldehydes is 1. The molecule has 0 radical (unpaired) electrons. The monoisotopic (exact) mass is 358 g/mol. The summed E-state index contributed by atoms with van der Waals surface area (Å²) >= 11 is 0. The molecule has 1 fully saturated rings. The Labute approximate surface area is 145 Å². The quantitative estimate of drug-likeness (QED) is 0.703. The van der Waals surface area contributed by atoms with Crippen molar-refractivity contribution in [3.63, 3.8) is 0 Å². The number of hydrogen-bond donors (Lipinski definition) is 0. The number of rotatable bonds is 7. The minimum Gasteiger partial charge on any atom is -0.305 e. The van der Waals surface area contributed by atoms with Gasteiger partial charge in [0.1, 0.15) is 6.29 Å². The van der Waals surface area contributed by atoms with Gasteiger partial charge >= 0.3 is 6.18 Å². The number of carbonyl (C=O) groups is 1. The third-order valence-electron chi connectivity index (χ3n) is 4.53. The molecule has 1 saturated heterocycles. The van der Waals surface area contributed by atoms with Gasteiger partial charge in [-0.1, -0.05) is 20.8 Å². The first kappa shape index (κ1) is 19.7. The third kappa shape index (κ3) is 4.93. The second-order valence-corrected chi connectivity index (χ2v) is 7.40. The van der Waals surface area contributed by atoms with Crippen LogP contribution in [0.15, 0.2) is 17.1 Å². The van der Waals surface area contributed by atoms with Crippen molar-refractivity contribution in [2.75, 3.05) is 19.6 Å². The second kappa shape index (κ2) is 7.72. The zero-order chi connectivity index (χ0) is 18.8. The zero-order valence-corrected chi connectivity index (χ0v) is 14.8. The summed E-state index contributed by atoms with van der Waals surface area (Å²) in [5.74, 6) is 0.719. The van der Waals surface area contributed by atoms with Gasteiger partial charge in [0.05, 0.1) is 11.6 Å². The molecule has 1 aliphatic heterocycles. The van der Waals surface area contributed by atoms with Crippen molar-refractivity contribution in [2.24, 2.45) is 11.8 Å². The Morgan fingerprint density at radius 2 is 1.96 bits per heavy atom. The van der Waals surface area contributed by atoms with Gasteiger partial charge in [-0.15, -0.1) is 0 Å². The molecule has 0 spiro atoms. The van der Waals surface area contributed by atoms with Crippen LogP contribution in [-0.2, 0) is 17.4 Å². The van der Waals surface area contributed by atoms with Gasteiger partial charge in [-0.3, -0.25) is 4.79 Å². The molecule has 2 heterocycles. The summed E-state index contributed by atoms with van der Waals surface area (Å²) in [6.07, 6.45) is -2.09. The van der Waals surface area contributed by atoms with Gasteiger partial charge in [0.2, 0.25) is 0 Å². The van der Waals surface area contributed by atoms with Crippen molar-refractivity contribution in [3.05, 3.63) is 33.7 Å². The van der Waals surface area contributed by atoms with Crippen LogP contribution >= 0.6 is 0 Å². The molecule has 140 valence electrons. The highest BCUT2D eigenvalue weighted by Crippen LogP contribution is 2.32. The van der Waals surface area contributed by atoms with Gasteiger partial charge in [-0.2, -0.15) is 13.2 Å². The highest BCUT2D eigenvalue weighted by molar-refractivity contribution is 5.56. The first-order valence-corrected chi connectivity index (χ1v) is 8.61. The Bertz CT molecular complexity index is 661. The van der Waals surface area contributed by atoms with E-state index in [9.17, 15) is 22.8 Å². The molecule has 0 bridgehead atoms. The van der Waals surface area contributed by atoms with Crippen LogP contribution in [0.5, 0.6) is 0 Å². The molecular formula is C18H25F3N2O2. The van der Waals surface area contributed by atoms with Gasteiger partial charge in [0.25, 0.3) is 5.56 Å². The molecule has 0 saturated carbocycles. The first-order chi connectivity index (χ1) is 11.6. The average Bonchev–Trinajstić information content (AvgIpc) is 2.47. The molecule has 7 heteroatoms. The zero-order valence-electron chi connectivity index (χ0n) is 14.8. The Morgan fingerprint density at radius 3 is 2.44 bits per heavy atom. The number of hydrogen-bond acceptors (Lipinski definition) is 3. The lowest BCUT2D eigenvalue weighted by molar-refractivity contribution is -0.138. The Hall–Kier alpha value is -1.63. The van der Waals surface area contributed by atoms with Crippen LogP contribution in [0.1, 0.15) is 44.4 Å². The maximum absolute atomic E-state index is 13.3. The van der Waals surface area contributed by atoms with E-state index in [4.69, 9.17) is 0 Å². The summed E-state index contributed by atoms with van der Waals surface area (Å²) in [7, 11) is 0. The van der Waals surface area contributed by atoms with Gasteiger partial charge in [-0.05, 0) is 30.2 Å². The van der Waals surface area contributed by atoms with Gasteiger partial charge in [-0.25, -0.2) is 0 Å². The number of nitrogens with zero attached hydrogens (tertiary/aromatic N) is 2. The van der Waals surface area contributed by atoms with Crippen LogP contribution in [0.25, 0.3) is 0 Å². The molecule has 0 amide bonds. The van der Waals surface area contributed by atoms with Crippen molar-refractivity contribution < 1.29 is 18.0 Å². The lowest BCUT2D eigenvalue weighted by Crippen LogP contribution is -2.46. The molecule has 1 aromatic rings. The summed E-state index contributed by atoms with van der Waals surface area (Å²) in [4.78, 5) is 25.6. The lowest BCUT2D eigenvalue weighted by atomic mass is 10.00. The fourth-order valence-electron chi connectivity index (χ4n) is 3.32. The van der Waals surface area contributed by atoms with E-state index in [1.54, 1.807) is 0 Å². The van der Waals surface area contributed by atoms with E-state index in [2.05, 4.69) is 11.8 Å². The van der Waals surface area contributed by atoms with E-state index in [1.165, 1.54) is 6.20 Å². The average molecular weight is 358 g/mol. The van der Waals surface area contributed by atoms with Crippen LogP contribution in [0.4, 0.5) is 13.2 Å². The molecule has 1 atom stereocenters. The predicted molar refractivity (Wildman–Crippen MR) is 89.6 cm³/mol. The maximum atomic E-state index is 13.3. The largest absolute Gasteiger partial charge is 0.416 e. The van der Waals surface area contributed by atoms with Crippen molar-refractivity contribution >= 4 is 6.29 Å². The van der Waals surface area contributed by atoms with Crippen LogP contribution in [0.3, 0.4) is 0 Å². The molecular weight excluding hydrogens is 333 g/mol. The van der Waals surface area contributed by atoms with Crippen molar-refractivity contribution in [3.8, 4) is 0 Å². The highest BCUT2D eigenvalue weighted by Gasteiger charge is 2.35. The summed E-state index contributed by atoms with van der Waals surface area (Å²) in [5, 5.41) is 0. The molecule has 0 aromatic carbocycles. The number of alkyl halides is 3. The van der Waals surface area contributed by atoms with E-state index in [1.807, 2.05) is 13.8 Å². The van der Waals surface area contributed by atoms with E-state index < -0.39 is 23.3 Å². The molecule has 0 N–H and O–H groups in total. The Kier molecular flexibility index (Phi) is 6.08. The first-order valence-electron chi connectivity index (χ1n) is 8.61. The normalized spacial score (nSPS) is 17.6. The summed E-state index contributed by atoms with van der Waals surface area (Å²) in [6, 6.07) is -0.109. The molecule has 1 aromatic heterocycles. The molecule has 1 unspecified atom stereocenters. The van der Waals surface area contributed by atoms with E-state index in [-0.39, 0.29) is 17.9 Å². The van der Waals surface area contributed by atoms with Crippen LogP contribution in [0.2, 0.25) is 0 Å². The van der Waals surface area contributed by atoms with E-state index >= 15 is 0 Å². The number of aromatic nitrogens is 1. The number of pyridine rings is 1. The molecule has 1 aliphatic rings. The SMILES string of the molecule is CC(C)CC(C=O)n1cc(CCN2CC(C)C2)c(C(F)(F)F)cc1=O. The smallest absolute Gasteiger partial charge is 0.305 e. The fourth-order valence-corrected chi connectivity index (χ4v) is 3.32. The molecule has 2 rings (SSSR count). The van der Waals surface area contributed by atoms with Crippen molar-refractivity contribution in [1.82, 2.24) is 9.47 Å². The van der Waals surface area contributed by atoms with Crippen molar-refractivity contribution in [2.45, 2.75) is 45.8 Å². The summed E-state index contributed by atoms with van der Waals surface area (Å²) in [5.41, 5.74) is -1.61. The van der Waals surface area contributed by atoms with Crippen LogP contribution in [-0.4, -0.2) is 35.4 Å². The Morgan fingerprint density at radius 1 is 1.32 bits per heavy atom. The lowest BCUT2D eigenvalue weighted by Gasteiger charge is -2.37. The minimum atomic E-state index is -4.58. The minimum absolute atomic E-state index is 0.0715. The van der Waals surface area contributed by atoms with Crippen molar-refractivity contribution in [1.29, 1.82) is 0 Å². The van der Waals surface area contributed by atoms with Crippen LogP contribution in [0, 0.1) is 11.8 Å². The van der Waals surface area contributed by atoms with Gasteiger partial charge in [0.15, 0.2) is 0 Å². The maximum Gasteiger partial charge on any atom is 0.416 e. The third-order valence-corrected chi connectivity index (χ3v) is 4.53. The second-order valence-electron chi connectivity index (χ2n) is 7.40. The standard InChI is InChI=1S/C18H25F3N2O2/c1-12(2)6-15(11-24)23-10-14(4-5-22-8-13(3)9-22)16(7-17(23)25)18(19,20)21/h7,10-13,15H,4-6,8-9H2,1-3H3. The Balaban J connectivity index is 2.33. The predicted octanol–water partition coefficient (Wildman–Crippen LogP) is 3.15. The topological polar surface area (TPSA) is 42.3 Å². The van der Waals surface area contributed by atoms with E-state index in [0.717, 1.165) is 17.7 Å². The fraction of sp³-hybridized carbons (Fsp3) is 0.667. The summed E-state index contributed by atoms with van der Waals surface area (Å²) < 4.78 is 41.1. The molecule has 25 heavy (non-hydrogen) atoms. The molecule has 4 nitrogen and oxygen atoms in total. The number of likely N-dealkylation sites (tertiary alicyclic amines) is 1. The van der Waals surface area contributed by atoms with E-state index in [0.29, 0.717) is 31.2 Å². The van der Waals surface area contributed by atoms with Gasteiger partial charge in [0, 0.05) is 31.9 Å². The number of carbonyl (C=O) groups excluding carboxylic acids is 1. The highest BCUT2D eigenvalue weighted by atomic mass is 19.4. The van der Waals surface area contributed by atoms with Crippen LogP contribution < -0.4 is 5.56 Å². The number of halogens is 3. The van der Waals surface area contributed by atoms with Gasteiger partial charge < -0.3 is 14.3 Å². The molecule has 0 aliphatic carbocycles.